The highest BCUT2D eigenvalue weighted by Gasteiger charge is 2.17. The van der Waals surface area contributed by atoms with Crippen molar-refractivity contribution in [1.29, 1.82) is 0 Å². The topological polar surface area (TPSA) is 56.1 Å². The molecule has 0 aliphatic heterocycles. The van der Waals surface area contributed by atoms with E-state index in [9.17, 15) is 9.18 Å². The zero-order valence-corrected chi connectivity index (χ0v) is 15.8. The number of amides is 1. The highest BCUT2D eigenvalue weighted by molar-refractivity contribution is 6.35. The summed E-state index contributed by atoms with van der Waals surface area (Å²) in [6, 6.07) is 12.3. The molecule has 0 saturated heterocycles. The summed E-state index contributed by atoms with van der Waals surface area (Å²) in [7, 11) is 0. The summed E-state index contributed by atoms with van der Waals surface area (Å²) in [4.78, 5) is 12.4. The smallest absolute Gasteiger partial charge is 0.266 e. The lowest BCUT2D eigenvalue weighted by Crippen LogP contribution is -2.31. The standard InChI is InChI=1S/C19H16Cl2FN3O2/c1-12(27-16-6-4-15(22)5-7-16)19(26)24-18-8-9-23-25(18)11-13-2-3-14(20)10-17(13)21/h2-10,12H,11H2,1H3,(H,24,26). The second-order valence-electron chi connectivity index (χ2n) is 5.81. The number of anilines is 1. The maximum atomic E-state index is 12.9. The van der Waals surface area contributed by atoms with Gasteiger partial charge in [0, 0.05) is 16.1 Å². The zero-order valence-electron chi connectivity index (χ0n) is 14.3. The van der Waals surface area contributed by atoms with Crippen molar-refractivity contribution < 1.29 is 13.9 Å². The maximum Gasteiger partial charge on any atom is 0.266 e. The molecule has 1 aromatic heterocycles. The van der Waals surface area contributed by atoms with E-state index in [4.69, 9.17) is 27.9 Å². The number of hydrogen-bond donors (Lipinski definition) is 1. The molecule has 8 heteroatoms. The van der Waals surface area contributed by atoms with Gasteiger partial charge in [0.25, 0.3) is 5.91 Å². The van der Waals surface area contributed by atoms with Gasteiger partial charge in [-0.3, -0.25) is 4.79 Å². The van der Waals surface area contributed by atoms with Crippen LogP contribution in [0.4, 0.5) is 10.2 Å². The van der Waals surface area contributed by atoms with Crippen molar-refractivity contribution in [3.8, 4) is 5.75 Å². The number of hydrogen-bond acceptors (Lipinski definition) is 3. The maximum absolute atomic E-state index is 12.9. The van der Waals surface area contributed by atoms with Crippen LogP contribution in [0.1, 0.15) is 12.5 Å². The molecule has 0 bridgehead atoms. The minimum atomic E-state index is -0.780. The zero-order chi connectivity index (χ0) is 19.4. The predicted molar refractivity (Wildman–Crippen MR) is 103 cm³/mol. The molecule has 140 valence electrons. The van der Waals surface area contributed by atoms with Crippen LogP contribution < -0.4 is 10.1 Å². The van der Waals surface area contributed by atoms with Crippen LogP contribution in [0.15, 0.2) is 54.7 Å². The molecule has 0 aliphatic carbocycles. The van der Waals surface area contributed by atoms with E-state index in [1.54, 1.807) is 42.1 Å². The van der Waals surface area contributed by atoms with Gasteiger partial charge in [-0.25, -0.2) is 9.07 Å². The van der Waals surface area contributed by atoms with E-state index < -0.39 is 6.10 Å². The van der Waals surface area contributed by atoms with Crippen LogP contribution in [-0.4, -0.2) is 21.8 Å². The Morgan fingerprint density at radius 2 is 1.96 bits per heavy atom. The van der Waals surface area contributed by atoms with Gasteiger partial charge in [-0.05, 0) is 48.9 Å². The quantitative estimate of drug-likeness (QED) is 0.639. The number of benzene rings is 2. The first-order chi connectivity index (χ1) is 12.9. The van der Waals surface area contributed by atoms with Gasteiger partial charge in [0.05, 0.1) is 12.7 Å². The van der Waals surface area contributed by atoms with Crippen LogP contribution in [0.2, 0.25) is 10.0 Å². The molecule has 1 heterocycles. The van der Waals surface area contributed by atoms with Gasteiger partial charge >= 0.3 is 0 Å². The summed E-state index contributed by atoms with van der Waals surface area (Å²) in [6.45, 7) is 1.97. The van der Waals surface area contributed by atoms with Gasteiger partial charge in [0.15, 0.2) is 6.10 Å². The fraction of sp³-hybridized carbons (Fsp3) is 0.158. The Kier molecular flexibility index (Phi) is 5.98. The second kappa shape index (κ2) is 8.41. The summed E-state index contributed by atoms with van der Waals surface area (Å²) < 4.78 is 20.1. The minimum absolute atomic E-state index is 0.358. The molecule has 1 unspecified atom stereocenters. The van der Waals surface area contributed by atoms with Crippen LogP contribution in [0.3, 0.4) is 0 Å². The average Bonchev–Trinajstić information content (AvgIpc) is 3.06. The lowest BCUT2D eigenvalue weighted by molar-refractivity contribution is -0.122. The number of carbonyl (C=O) groups excluding carboxylic acids is 1. The molecular weight excluding hydrogens is 392 g/mol. The Hall–Kier alpha value is -2.57. The number of nitrogens with one attached hydrogen (secondary N) is 1. The largest absolute Gasteiger partial charge is 0.481 e. The van der Waals surface area contributed by atoms with Gasteiger partial charge in [-0.1, -0.05) is 29.3 Å². The third-order valence-corrected chi connectivity index (χ3v) is 4.39. The van der Waals surface area contributed by atoms with Crippen LogP contribution in [0.5, 0.6) is 5.75 Å². The summed E-state index contributed by atoms with van der Waals surface area (Å²) in [5.41, 5.74) is 0.816. The minimum Gasteiger partial charge on any atom is -0.481 e. The number of halogens is 3. The highest BCUT2D eigenvalue weighted by Crippen LogP contribution is 2.23. The summed E-state index contributed by atoms with van der Waals surface area (Å²) in [5, 5.41) is 8.04. The van der Waals surface area contributed by atoms with Crippen LogP contribution >= 0.6 is 23.2 Å². The Morgan fingerprint density at radius 3 is 2.67 bits per heavy atom. The molecule has 3 rings (SSSR count). The van der Waals surface area contributed by atoms with Crippen LogP contribution in [0.25, 0.3) is 0 Å². The molecular formula is C19H16Cl2FN3O2. The second-order valence-corrected chi connectivity index (χ2v) is 6.66. The number of carbonyl (C=O) groups is 1. The Bertz CT molecular complexity index is 944. The van der Waals surface area contributed by atoms with Crippen molar-refractivity contribution in [2.75, 3.05) is 5.32 Å². The molecule has 2 aromatic carbocycles. The van der Waals surface area contributed by atoms with Gasteiger partial charge in [-0.15, -0.1) is 0 Å². The van der Waals surface area contributed by atoms with Gasteiger partial charge in [0.2, 0.25) is 0 Å². The molecule has 27 heavy (non-hydrogen) atoms. The number of ether oxygens (including phenoxy) is 1. The number of rotatable bonds is 6. The fourth-order valence-electron chi connectivity index (χ4n) is 2.37. The molecule has 3 aromatic rings. The van der Waals surface area contributed by atoms with E-state index in [2.05, 4.69) is 10.4 Å². The SMILES string of the molecule is CC(Oc1ccc(F)cc1)C(=O)Nc1ccnn1Cc1ccc(Cl)cc1Cl. The summed E-state index contributed by atoms with van der Waals surface area (Å²) >= 11 is 12.1. The molecule has 0 aliphatic rings. The van der Waals surface area contributed by atoms with Crippen LogP contribution in [0, 0.1) is 5.82 Å². The van der Waals surface area contributed by atoms with E-state index in [1.807, 2.05) is 0 Å². The van der Waals surface area contributed by atoms with E-state index >= 15 is 0 Å². The summed E-state index contributed by atoms with van der Waals surface area (Å²) in [5.74, 6) is 0.175. The van der Waals surface area contributed by atoms with E-state index in [0.717, 1.165) is 5.56 Å². The van der Waals surface area contributed by atoms with E-state index in [-0.39, 0.29) is 11.7 Å². The predicted octanol–water partition coefficient (Wildman–Crippen LogP) is 4.78. The van der Waals surface area contributed by atoms with Crippen molar-refractivity contribution >= 4 is 34.9 Å². The molecule has 1 amide bonds. The molecule has 1 atom stereocenters. The first kappa shape index (κ1) is 19.2. The lowest BCUT2D eigenvalue weighted by Gasteiger charge is -2.15. The van der Waals surface area contributed by atoms with Crippen molar-refractivity contribution in [1.82, 2.24) is 9.78 Å². The van der Waals surface area contributed by atoms with E-state index in [1.165, 1.54) is 24.3 Å². The average molecular weight is 408 g/mol. The first-order valence-electron chi connectivity index (χ1n) is 8.11. The number of aromatic nitrogens is 2. The van der Waals surface area contributed by atoms with Crippen molar-refractivity contribution in [2.24, 2.45) is 0 Å². The fourth-order valence-corrected chi connectivity index (χ4v) is 2.84. The molecule has 1 N–H and O–H groups in total. The third-order valence-electron chi connectivity index (χ3n) is 3.80. The van der Waals surface area contributed by atoms with E-state index in [0.29, 0.717) is 28.2 Å². The summed E-state index contributed by atoms with van der Waals surface area (Å²) in [6.07, 6.45) is 0.795. The third kappa shape index (κ3) is 4.99. The Morgan fingerprint density at radius 1 is 1.22 bits per heavy atom. The Labute approximate surface area is 165 Å². The van der Waals surface area contributed by atoms with Gasteiger partial charge in [-0.2, -0.15) is 5.10 Å². The molecule has 0 saturated carbocycles. The first-order valence-corrected chi connectivity index (χ1v) is 8.87. The number of nitrogens with zero attached hydrogens (tertiary/aromatic N) is 2. The molecule has 0 spiro atoms. The normalized spacial score (nSPS) is 11.9. The van der Waals surface area contributed by atoms with Crippen LogP contribution in [-0.2, 0) is 11.3 Å². The van der Waals surface area contributed by atoms with Gasteiger partial charge < -0.3 is 10.1 Å². The highest BCUT2D eigenvalue weighted by atomic mass is 35.5. The van der Waals surface area contributed by atoms with Crippen molar-refractivity contribution in [2.45, 2.75) is 19.6 Å². The Balaban J connectivity index is 1.66. The molecule has 0 radical (unpaired) electrons. The van der Waals surface area contributed by atoms with Crippen molar-refractivity contribution in [3.05, 3.63) is 76.2 Å². The lowest BCUT2D eigenvalue weighted by atomic mass is 10.2. The molecule has 5 nitrogen and oxygen atoms in total. The molecule has 0 fully saturated rings. The van der Waals surface area contributed by atoms with Gasteiger partial charge in [0.1, 0.15) is 17.4 Å². The monoisotopic (exact) mass is 407 g/mol. The van der Waals surface area contributed by atoms with Crippen molar-refractivity contribution in [3.63, 3.8) is 0 Å².